The minimum atomic E-state index is -2.54. The number of nitrogens with zero attached hydrogens (tertiary/aromatic N) is 3. The third kappa shape index (κ3) is 6.85. The van der Waals surface area contributed by atoms with Crippen molar-refractivity contribution in [3.8, 4) is 6.07 Å². The van der Waals surface area contributed by atoms with Crippen LogP contribution in [-0.2, 0) is 9.53 Å². The van der Waals surface area contributed by atoms with E-state index in [0.717, 1.165) is 22.4 Å². The first kappa shape index (κ1) is 27.0. The summed E-state index contributed by atoms with van der Waals surface area (Å²) in [5, 5.41) is 23.4. The van der Waals surface area contributed by atoms with E-state index in [1.807, 2.05) is 12.1 Å². The number of anilines is 1. The number of nitrogens with one attached hydrogen (secondary N) is 1. The predicted octanol–water partition coefficient (Wildman–Crippen LogP) is 5.76. The summed E-state index contributed by atoms with van der Waals surface area (Å²) in [6.45, 7) is 2.41. The lowest BCUT2D eigenvalue weighted by Gasteiger charge is -2.31. The Balaban J connectivity index is 1.61. The molecule has 0 spiro atoms. The van der Waals surface area contributed by atoms with E-state index < -0.39 is 16.6 Å². The number of non-ortho nitro benzene ring substituents is 1. The summed E-state index contributed by atoms with van der Waals surface area (Å²) in [4.78, 5) is 26.0. The Morgan fingerprint density at radius 2 is 1.82 bits per heavy atom. The average molecular weight is 539 g/mol. The predicted molar refractivity (Wildman–Crippen MR) is 140 cm³/mol. The number of carbonyl (C=O) groups is 1. The van der Waals surface area contributed by atoms with Gasteiger partial charge < -0.3 is 15.0 Å². The average Bonchev–Trinajstić information content (AvgIpc) is 3.30. The Morgan fingerprint density at radius 3 is 2.42 bits per heavy atom. The third-order valence-corrected chi connectivity index (χ3v) is 6.79. The third-order valence-electron chi connectivity index (χ3n) is 6.07. The molecule has 0 atom stereocenters. The molecule has 1 amide bonds. The first-order valence-corrected chi connectivity index (χ1v) is 12.7. The number of thioether (sulfide) groups is 1. The van der Waals surface area contributed by atoms with Gasteiger partial charge in [-0.3, -0.25) is 14.9 Å². The minimum Gasteiger partial charge on any atom is -0.378 e. The molecule has 0 unspecified atom stereocenters. The topological polar surface area (TPSA) is 108 Å². The van der Waals surface area contributed by atoms with Gasteiger partial charge in [-0.2, -0.15) is 14.0 Å². The SMILES string of the molecule is N#CC(=CC1=C(N2CCOCC2)C(=Cc2ccc([N+](=O)[O-])cc2)CC1)C(=O)Nc1ccc(SC(F)F)cc1. The van der Waals surface area contributed by atoms with Gasteiger partial charge in [0.1, 0.15) is 11.6 Å². The maximum absolute atomic E-state index is 12.9. The summed E-state index contributed by atoms with van der Waals surface area (Å²) in [6, 6.07) is 14.2. The van der Waals surface area contributed by atoms with Gasteiger partial charge in [-0.15, -0.1) is 0 Å². The number of benzene rings is 2. The van der Waals surface area contributed by atoms with Crippen LogP contribution in [0.2, 0.25) is 0 Å². The highest BCUT2D eigenvalue weighted by molar-refractivity contribution is 7.99. The molecule has 1 aliphatic heterocycles. The highest BCUT2D eigenvalue weighted by Crippen LogP contribution is 2.37. The van der Waals surface area contributed by atoms with Gasteiger partial charge in [-0.1, -0.05) is 11.8 Å². The number of hydrogen-bond donors (Lipinski definition) is 1. The summed E-state index contributed by atoms with van der Waals surface area (Å²) < 4.78 is 30.6. The molecule has 0 bridgehead atoms. The zero-order valence-corrected chi connectivity index (χ0v) is 21.0. The molecule has 0 radical (unpaired) electrons. The number of alkyl halides is 2. The standard InChI is InChI=1S/C27H24F2N4O4S/c28-27(29)38-24-9-5-22(6-10-24)31-26(34)21(17-30)16-20-4-3-19(25(20)32-11-13-37-14-12-32)15-18-1-7-23(8-2-18)33(35)36/h1-2,5-10,15-16,27H,3-4,11-14H2,(H,31,34). The minimum absolute atomic E-state index is 0.0122. The van der Waals surface area contributed by atoms with E-state index in [0.29, 0.717) is 61.5 Å². The molecule has 1 fully saturated rings. The summed E-state index contributed by atoms with van der Waals surface area (Å²) in [7, 11) is 0. The van der Waals surface area contributed by atoms with Crippen molar-refractivity contribution in [2.45, 2.75) is 23.5 Å². The fraction of sp³-hybridized carbons (Fsp3) is 0.259. The highest BCUT2D eigenvalue weighted by Gasteiger charge is 2.26. The molecule has 2 aliphatic rings. The van der Waals surface area contributed by atoms with E-state index in [1.165, 1.54) is 36.4 Å². The van der Waals surface area contributed by atoms with Gasteiger partial charge in [0.25, 0.3) is 17.4 Å². The van der Waals surface area contributed by atoms with Crippen LogP contribution in [0, 0.1) is 21.4 Å². The number of allylic oxidation sites excluding steroid dienone is 3. The number of nitro benzene ring substituents is 1. The molecule has 1 heterocycles. The summed E-state index contributed by atoms with van der Waals surface area (Å²) in [6.07, 6.45) is 4.86. The summed E-state index contributed by atoms with van der Waals surface area (Å²) in [5.74, 6) is -3.13. The molecule has 196 valence electrons. The van der Waals surface area contributed by atoms with Crippen LogP contribution in [0.1, 0.15) is 18.4 Å². The molecule has 2 aromatic rings. The summed E-state index contributed by atoms with van der Waals surface area (Å²) in [5.41, 5.74) is 3.93. The second-order valence-electron chi connectivity index (χ2n) is 8.52. The van der Waals surface area contributed by atoms with Crippen LogP contribution in [0.15, 0.2) is 81.9 Å². The van der Waals surface area contributed by atoms with Crippen LogP contribution in [0.4, 0.5) is 20.2 Å². The fourth-order valence-corrected chi connectivity index (χ4v) is 4.82. The van der Waals surface area contributed by atoms with Crippen LogP contribution in [0.5, 0.6) is 0 Å². The van der Waals surface area contributed by atoms with Crippen molar-refractivity contribution >= 4 is 35.1 Å². The number of hydrogen-bond acceptors (Lipinski definition) is 7. The Hall–Kier alpha value is -4.01. The van der Waals surface area contributed by atoms with E-state index in [4.69, 9.17) is 4.74 Å². The number of nitro groups is 1. The zero-order valence-electron chi connectivity index (χ0n) is 20.2. The number of carbonyl (C=O) groups excluding carboxylic acids is 1. The van der Waals surface area contributed by atoms with Crippen molar-refractivity contribution in [3.05, 3.63) is 92.7 Å². The molecule has 8 nitrogen and oxygen atoms in total. The largest absolute Gasteiger partial charge is 0.378 e. The lowest BCUT2D eigenvalue weighted by Crippen LogP contribution is -2.36. The molecule has 4 rings (SSSR count). The second-order valence-corrected chi connectivity index (χ2v) is 9.58. The van der Waals surface area contributed by atoms with E-state index in [2.05, 4.69) is 10.2 Å². The molecular formula is C27H24F2N4O4S. The van der Waals surface area contributed by atoms with E-state index >= 15 is 0 Å². The Kier molecular flexibility index (Phi) is 8.89. The number of amides is 1. The molecule has 1 saturated heterocycles. The Labute approximate surface area is 222 Å². The molecular weight excluding hydrogens is 514 g/mol. The van der Waals surface area contributed by atoms with Crippen LogP contribution >= 0.6 is 11.8 Å². The number of morpholine rings is 1. The highest BCUT2D eigenvalue weighted by atomic mass is 32.2. The molecule has 1 aliphatic carbocycles. The van der Waals surface area contributed by atoms with Gasteiger partial charge >= 0.3 is 0 Å². The monoisotopic (exact) mass is 538 g/mol. The van der Waals surface area contributed by atoms with Crippen molar-refractivity contribution < 1.29 is 23.2 Å². The lowest BCUT2D eigenvalue weighted by molar-refractivity contribution is -0.384. The number of halogens is 2. The van der Waals surface area contributed by atoms with Crippen LogP contribution in [0.3, 0.4) is 0 Å². The van der Waals surface area contributed by atoms with E-state index in [9.17, 15) is 29.0 Å². The van der Waals surface area contributed by atoms with Crippen molar-refractivity contribution in [1.82, 2.24) is 4.90 Å². The maximum Gasteiger partial charge on any atom is 0.288 e. The maximum atomic E-state index is 12.9. The lowest BCUT2D eigenvalue weighted by atomic mass is 10.1. The van der Waals surface area contributed by atoms with Gasteiger partial charge in [0.2, 0.25) is 0 Å². The molecule has 1 N–H and O–H groups in total. The van der Waals surface area contributed by atoms with Crippen molar-refractivity contribution in [2.24, 2.45) is 0 Å². The second kappa shape index (κ2) is 12.5. The number of rotatable bonds is 8. The normalized spacial score (nSPS) is 17.2. The smallest absolute Gasteiger partial charge is 0.288 e. The molecule has 11 heteroatoms. The quantitative estimate of drug-likeness (QED) is 0.150. The van der Waals surface area contributed by atoms with Gasteiger partial charge in [-0.05, 0) is 78.1 Å². The molecule has 38 heavy (non-hydrogen) atoms. The molecule has 0 saturated carbocycles. The van der Waals surface area contributed by atoms with E-state index in [-0.39, 0.29) is 11.3 Å². The van der Waals surface area contributed by atoms with Crippen molar-refractivity contribution in [3.63, 3.8) is 0 Å². The van der Waals surface area contributed by atoms with Gasteiger partial charge in [0.05, 0.1) is 18.1 Å². The van der Waals surface area contributed by atoms with Gasteiger partial charge in [-0.25, -0.2) is 0 Å². The van der Waals surface area contributed by atoms with Crippen LogP contribution in [-0.4, -0.2) is 47.8 Å². The molecule has 2 aromatic carbocycles. The number of ether oxygens (including phenoxy) is 1. The first-order valence-electron chi connectivity index (χ1n) is 11.8. The Morgan fingerprint density at radius 1 is 1.13 bits per heavy atom. The van der Waals surface area contributed by atoms with Crippen LogP contribution in [0.25, 0.3) is 6.08 Å². The zero-order chi connectivity index (χ0) is 27.1. The van der Waals surface area contributed by atoms with Gasteiger partial charge in [0.15, 0.2) is 0 Å². The Bertz CT molecular complexity index is 1330. The first-order chi connectivity index (χ1) is 18.3. The van der Waals surface area contributed by atoms with Crippen LogP contribution < -0.4 is 5.32 Å². The van der Waals surface area contributed by atoms with Gasteiger partial charge in [0, 0.05) is 41.5 Å². The summed E-state index contributed by atoms with van der Waals surface area (Å²) >= 11 is 0.410. The fourth-order valence-electron chi connectivity index (χ4n) is 4.32. The van der Waals surface area contributed by atoms with Crippen molar-refractivity contribution in [1.29, 1.82) is 5.26 Å². The van der Waals surface area contributed by atoms with Crippen molar-refractivity contribution in [2.75, 3.05) is 31.6 Å². The molecule has 0 aromatic heterocycles. The number of nitriles is 1. The van der Waals surface area contributed by atoms with E-state index in [1.54, 1.807) is 18.2 Å².